The third-order valence-corrected chi connectivity index (χ3v) is 2.88. The minimum absolute atomic E-state index is 0.623. The van der Waals surface area contributed by atoms with Crippen molar-refractivity contribution in [3.8, 4) is 16.9 Å². The predicted molar refractivity (Wildman–Crippen MR) is 71.8 cm³/mol. The standard InChI is InChI=1S/C14H10ClN3/c15-12-9-13(11-3-5-16-6-4-11)14(17-10-12)18-7-1-2-8-18/h1-10H. The smallest absolute Gasteiger partial charge is 0.144 e. The second-order valence-corrected chi connectivity index (χ2v) is 4.29. The van der Waals surface area contributed by atoms with Crippen LogP contribution in [0.1, 0.15) is 0 Å². The molecule has 88 valence electrons. The van der Waals surface area contributed by atoms with Crippen molar-refractivity contribution in [2.24, 2.45) is 0 Å². The lowest BCUT2D eigenvalue weighted by atomic mass is 10.1. The van der Waals surface area contributed by atoms with Crippen LogP contribution >= 0.6 is 11.6 Å². The first kappa shape index (κ1) is 11.0. The van der Waals surface area contributed by atoms with Gasteiger partial charge in [0.05, 0.1) is 5.02 Å². The maximum absolute atomic E-state index is 6.04. The average molecular weight is 256 g/mol. The Balaban J connectivity index is 2.22. The zero-order chi connectivity index (χ0) is 12.4. The Kier molecular flexibility index (Phi) is 2.82. The zero-order valence-electron chi connectivity index (χ0n) is 9.49. The summed E-state index contributed by atoms with van der Waals surface area (Å²) < 4.78 is 1.96. The van der Waals surface area contributed by atoms with Gasteiger partial charge in [-0.15, -0.1) is 0 Å². The maximum atomic E-state index is 6.04. The molecule has 4 heteroatoms. The summed E-state index contributed by atoms with van der Waals surface area (Å²) in [5.74, 6) is 0.857. The van der Waals surface area contributed by atoms with Crippen molar-refractivity contribution in [1.82, 2.24) is 14.5 Å². The molecule has 3 heterocycles. The van der Waals surface area contributed by atoms with Crippen LogP contribution in [0.4, 0.5) is 0 Å². The molecule has 0 aliphatic heterocycles. The minimum atomic E-state index is 0.623. The Bertz CT molecular complexity index is 648. The summed E-state index contributed by atoms with van der Waals surface area (Å²) >= 11 is 6.04. The number of nitrogens with zero attached hydrogens (tertiary/aromatic N) is 3. The van der Waals surface area contributed by atoms with E-state index in [0.717, 1.165) is 16.9 Å². The second kappa shape index (κ2) is 4.63. The van der Waals surface area contributed by atoms with E-state index in [1.165, 1.54) is 0 Å². The van der Waals surface area contributed by atoms with E-state index >= 15 is 0 Å². The molecular formula is C14H10ClN3. The highest BCUT2D eigenvalue weighted by Gasteiger charge is 2.08. The molecular weight excluding hydrogens is 246 g/mol. The molecule has 3 aromatic rings. The molecule has 0 unspecified atom stereocenters. The Hall–Kier alpha value is -2.13. The van der Waals surface area contributed by atoms with E-state index in [1.807, 2.05) is 47.3 Å². The monoisotopic (exact) mass is 255 g/mol. The number of rotatable bonds is 2. The summed E-state index contributed by atoms with van der Waals surface area (Å²) in [4.78, 5) is 8.43. The van der Waals surface area contributed by atoms with Gasteiger partial charge in [0, 0.05) is 36.5 Å². The lowest BCUT2D eigenvalue weighted by molar-refractivity contribution is 1.01. The highest BCUT2D eigenvalue weighted by atomic mass is 35.5. The molecule has 0 radical (unpaired) electrons. The minimum Gasteiger partial charge on any atom is -0.308 e. The molecule has 0 bridgehead atoms. The lowest BCUT2D eigenvalue weighted by Gasteiger charge is -2.10. The second-order valence-electron chi connectivity index (χ2n) is 3.85. The van der Waals surface area contributed by atoms with E-state index in [2.05, 4.69) is 9.97 Å². The molecule has 18 heavy (non-hydrogen) atoms. The topological polar surface area (TPSA) is 30.7 Å². The van der Waals surface area contributed by atoms with Crippen molar-refractivity contribution < 1.29 is 0 Å². The van der Waals surface area contributed by atoms with Gasteiger partial charge in [0.25, 0.3) is 0 Å². The van der Waals surface area contributed by atoms with Gasteiger partial charge in [0.1, 0.15) is 5.82 Å². The number of aromatic nitrogens is 3. The first-order valence-electron chi connectivity index (χ1n) is 5.54. The van der Waals surface area contributed by atoms with Crippen LogP contribution in [0.25, 0.3) is 16.9 Å². The average Bonchev–Trinajstić information content (AvgIpc) is 2.93. The van der Waals surface area contributed by atoms with Crippen molar-refractivity contribution in [1.29, 1.82) is 0 Å². The van der Waals surface area contributed by atoms with Gasteiger partial charge >= 0.3 is 0 Å². The molecule has 0 aliphatic rings. The van der Waals surface area contributed by atoms with Gasteiger partial charge in [-0.1, -0.05) is 11.6 Å². The first-order chi connectivity index (χ1) is 8.84. The molecule has 0 saturated carbocycles. The normalized spacial score (nSPS) is 10.5. The molecule has 0 atom stereocenters. The highest BCUT2D eigenvalue weighted by Crippen LogP contribution is 2.27. The Morgan fingerprint density at radius 1 is 1.06 bits per heavy atom. The van der Waals surface area contributed by atoms with E-state index in [4.69, 9.17) is 11.6 Å². The number of hydrogen-bond acceptors (Lipinski definition) is 2. The van der Waals surface area contributed by atoms with Gasteiger partial charge in [0.2, 0.25) is 0 Å². The fourth-order valence-corrected chi connectivity index (χ4v) is 2.02. The Labute approximate surface area is 110 Å². The Morgan fingerprint density at radius 3 is 2.50 bits per heavy atom. The zero-order valence-corrected chi connectivity index (χ0v) is 10.2. The summed E-state index contributed by atoms with van der Waals surface area (Å²) in [6.07, 6.45) is 9.09. The molecule has 0 spiro atoms. The van der Waals surface area contributed by atoms with Crippen molar-refractivity contribution in [2.45, 2.75) is 0 Å². The number of halogens is 1. The van der Waals surface area contributed by atoms with Crippen LogP contribution in [0.3, 0.4) is 0 Å². The molecule has 0 amide bonds. The predicted octanol–water partition coefficient (Wildman–Crippen LogP) is 3.59. The van der Waals surface area contributed by atoms with Gasteiger partial charge in [-0.05, 0) is 35.9 Å². The van der Waals surface area contributed by atoms with Crippen LogP contribution < -0.4 is 0 Å². The van der Waals surface area contributed by atoms with Crippen LogP contribution in [0.2, 0.25) is 5.02 Å². The van der Waals surface area contributed by atoms with Gasteiger partial charge in [-0.25, -0.2) is 4.98 Å². The first-order valence-corrected chi connectivity index (χ1v) is 5.92. The van der Waals surface area contributed by atoms with Crippen LogP contribution in [0.5, 0.6) is 0 Å². The van der Waals surface area contributed by atoms with Gasteiger partial charge < -0.3 is 4.57 Å². The van der Waals surface area contributed by atoms with Gasteiger partial charge in [0.15, 0.2) is 0 Å². The summed E-state index contributed by atoms with van der Waals surface area (Å²) in [5, 5.41) is 0.623. The van der Waals surface area contributed by atoms with Crippen molar-refractivity contribution in [3.63, 3.8) is 0 Å². The van der Waals surface area contributed by atoms with E-state index < -0.39 is 0 Å². The molecule has 3 aromatic heterocycles. The summed E-state index contributed by atoms with van der Waals surface area (Å²) in [5.41, 5.74) is 2.03. The fraction of sp³-hybridized carbons (Fsp3) is 0. The maximum Gasteiger partial charge on any atom is 0.144 e. The highest BCUT2D eigenvalue weighted by molar-refractivity contribution is 6.30. The Morgan fingerprint density at radius 2 is 1.78 bits per heavy atom. The van der Waals surface area contributed by atoms with Crippen molar-refractivity contribution >= 4 is 11.6 Å². The molecule has 3 nitrogen and oxygen atoms in total. The summed E-state index contributed by atoms with van der Waals surface area (Å²) in [6, 6.07) is 9.74. The van der Waals surface area contributed by atoms with E-state index in [-0.39, 0.29) is 0 Å². The SMILES string of the molecule is Clc1cnc(-n2cccc2)c(-c2ccncc2)c1. The third kappa shape index (κ3) is 2.00. The van der Waals surface area contributed by atoms with Crippen molar-refractivity contribution in [3.05, 3.63) is 66.3 Å². The number of pyridine rings is 2. The van der Waals surface area contributed by atoms with Crippen LogP contribution in [0.15, 0.2) is 61.3 Å². The fourth-order valence-electron chi connectivity index (χ4n) is 1.86. The molecule has 0 fully saturated rings. The molecule has 0 saturated heterocycles. The van der Waals surface area contributed by atoms with Gasteiger partial charge in [-0.2, -0.15) is 0 Å². The molecule has 0 aliphatic carbocycles. The van der Waals surface area contributed by atoms with E-state index in [1.54, 1.807) is 18.6 Å². The molecule has 0 aromatic carbocycles. The summed E-state index contributed by atoms with van der Waals surface area (Å²) in [6.45, 7) is 0. The molecule has 3 rings (SSSR count). The van der Waals surface area contributed by atoms with Crippen LogP contribution in [0, 0.1) is 0 Å². The van der Waals surface area contributed by atoms with Crippen LogP contribution in [-0.4, -0.2) is 14.5 Å². The summed E-state index contributed by atoms with van der Waals surface area (Å²) in [7, 11) is 0. The van der Waals surface area contributed by atoms with Gasteiger partial charge in [-0.3, -0.25) is 4.98 Å². The largest absolute Gasteiger partial charge is 0.308 e. The van der Waals surface area contributed by atoms with Crippen LogP contribution in [-0.2, 0) is 0 Å². The third-order valence-electron chi connectivity index (χ3n) is 2.67. The quantitative estimate of drug-likeness (QED) is 0.701. The lowest BCUT2D eigenvalue weighted by Crippen LogP contribution is -1.97. The van der Waals surface area contributed by atoms with E-state index in [0.29, 0.717) is 5.02 Å². The van der Waals surface area contributed by atoms with E-state index in [9.17, 15) is 0 Å². The van der Waals surface area contributed by atoms with Crippen molar-refractivity contribution in [2.75, 3.05) is 0 Å². The molecule has 0 N–H and O–H groups in total. The number of hydrogen-bond donors (Lipinski definition) is 0.